The summed E-state index contributed by atoms with van der Waals surface area (Å²) in [5, 5.41) is 1.46. The number of carbonyl (C=O) groups is 1. The fourth-order valence-corrected chi connectivity index (χ4v) is 6.00. The van der Waals surface area contributed by atoms with Gasteiger partial charge in [-0.05, 0) is 50.0 Å². The van der Waals surface area contributed by atoms with Crippen LogP contribution in [0.2, 0.25) is 0 Å². The molecule has 7 heteroatoms. The average Bonchev–Trinajstić information content (AvgIpc) is 3.41. The van der Waals surface area contributed by atoms with E-state index in [4.69, 9.17) is 4.98 Å². The van der Waals surface area contributed by atoms with E-state index in [1.54, 1.807) is 23.0 Å². The molecule has 0 unspecified atom stereocenters. The smallest absolute Gasteiger partial charge is 0.262 e. The van der Waals surface area contributed by atoms with Gasteiger partial charge in [0, 0.05) is 24.5 Å². The molecule has 27 heavy (non-hydrogen) atoms. The van der Waals surface area contributed by atoms with E-state index in [1.165, 1.54) is 28.6 Å². The fourth-order valence-electron chi connectivity index (χ4n) is 3.84. The maximum Gasteiger partial charge on any atom is 0.262 e. The third-order valence-corrected chi connectivity index (χ3v) is 7.55. The quantitative estimate of drug-likeness (QED) is 0.544. The molecule has 0 bridgehead atoms. The molecule has 0 N–H and O–H groups in total. The number of rotatable bonds is 6. The van der Waals surface area contributed by atoms with Crippen molar-refractivity contribution in [3.05, 3.63) is 20.8 Å². The molecule has 0 saturated heterocycles. The number of hydrogen-bond acceptors (Lipinski definition) is 5. The van der Waals surface area contributed by atoms with E-state index in [2.05, 4.69) is 13.8 Å². The first kappa shape index (κ1) is 19.0. The van der Waals surface area contributed by atoms with Crippen LogP contribution in [0, 0.1) is 5.92 Å². The van der Waals surface area contributed by atoms with Crippen molar-refractivity contribution < 1.29 is 4.79 Å². The van der Waals surface area contributed by atoms with Crippen molar-refractivity contribution in [2.45, 2.75) is 63.6 Å². The standard InChI is InChI=1S/C20H27N3O2S2/c1-12(2)10-23(13-8-9-13)16(24)11-26-20-21-18-17(19(25)22(20)3)14-6-4-5-7-15(14)27-18/h12-13H,4-11H2,1-3H3. The number of carbonyl (C=O) groups excluding carboxylic acids is 1. The fraction of sp³-hybridized carbons (Fsp3) is 0.650. The Bertz CT molecular complexity index is 927. The largest absolute Gasteiger partial charge is 0.339 e. The van der Waals surface area contributed by atoms with E-state index >= 15 is 0 Å². The lowest BCUT2D eigenvalue weighted by molar-refractivity contribution is -0.129. The van der Waals surface area contributed by atoms with Crippen LogP contribution in [0.5, 0.6) is 0 Å². The van der Waals surface area contributed by atoms with Gasteiger partial charge in [0.05, 0.1) is 11.1 Å². The van der Waals surface area contributed by atoms with E-state index in [1.807, 2.05) is 4.90 Å². The first-order valence-electron chi connectivity index (χ1n) is 9.89. The van der Waals surface area contributed by atoms with Crippen molar-refractivity contribution in [2.24, 2.45) is 13.0 Å². The normalized spacial score (nSPS) is 16.7. The zero-order valence-electron chi connectivity index (χ0n) is 16.3. The zero-order chi connectivity index (χ0) is 19.1. The second-order valence-corrected chi connectivity index (χ2v) is 10.1. The summed E-state index contributed by atoms with van der Waals surface area (Å²) < 4.78 is 1.63. The van der Waals surface area contributed by atoms with E-state index in [-0.39, 0.29) is 11.5 Å². The minimum absolute atomic E-state index is 0.0376. The molecule has 2 aliphatic rings. The second-order valence-electron chi connectivity index (χ2n) is 8.11. The number of thioether (sulfide) groups is 1. The molecule has 1 saturated carbocycles. The summed E-state index contributed by atoms with van der Waals surface area (Å²) in [7, 11) is 1.78. The van der Waals surface area contributed by atoms with Crippen LogP contribution in [0.1, 0.15) is 50.0 Å². The molecule has 0 atom stereocenters. The summed E-state index contributed by atoms with van der Waals surface area (Å²) in [6, 6.07) is 0.420. The van der Waals surface area contributed by atoms with Gasteiger partial charge in [-0.2, -0.15) is 0 Å². The van der Waals surface area contributed by atoms with Crippen LogP contribution < -0.4 is 5.56 Å². The number of nitrogens with zero attached hydrogens (tertiary/aromatic N) is 3. The summed E-state index contributed by atoms with van der Waals surface area (Å²) in [4.78, 5) is 34.7. The first-order chi connectivity index (χ1) is 13.0. The van der Waals surface area contributed by atoms with Crippen molar-refractivity contribution in [1.29, 1.82) is 0 Å². The second kappa shape index (κ2) is 7.59. The number of aromatic nitrogens is 2. The number of aryl methyl sites for hydroxylation is 2. The molecule has 1 fully saturated rings. The van der Waals surface area contributed by atoms with Crippen LogP contribution in [0.3, 0.4) is 0 Å². The first-order valence-corrected chi connectivity index (χ1v) is 11.7. The maximum atomic E-state index is 12.9. The van der Waals surface area contributed by atoms with Gasteiger partial charge in [-0.1, -0.05) is 25.6 Å². The summed E-state index contributed by atoms with van der Waals surface area (Å²) in [6.45, 7) is 5.11. The van der Waals surface area contributed by atoms with Crippen LogP contribution in [0.15, 0.2) is 9.95 Å². The summed E-state index contributed by atoms with van der Waals surface area (Å²) in [5.41, 5.74) is 1.26. The van der Waals surface area contributed by atoms with E-state index < -0.39 is 0 Å². The Morgan fingerprint density at radius 2 is 2.07 bits per heavy atom. The zero-order valence-corrected chi connectivity index (χ0v) is 17.9. The molecule has 0 aliphatic heterocycles. The third kappa shape index (κ3) is 3.81. The van der Waals surface area contributed by atoms with Crippen LogP contribution in [0.25, 0.3) is 10.2 Å². The third-order valence-electron chi connectivity index (χ3n) is 5.35. The van der Waals surface area contributed by atoms with Crippen molar-refractivity contribution >= 4 is 39.2 Å². The Balaban J connectivity index is 1.56. The van der Waals surface area contributed by atoms with Crippen molar-refractivity contribution in [1.82, 2.24) is 14.5 Å². The molecule has 1 amide bonds. The highest BCUT2D eigenvalue weighted by atomic mass is 32.2. The molecule has 2 heterocycles. The lowest BCUT2D eigenvalue weighted by atomic mass is 9.97. The molecule has 4 rings (SSSR count). The van der Waals surface area contributed by atoms with Crippen LogP contribution >= 0.6 is 23.1 Å². The Hall–Kier alpha value is -1.34. The van der Waals surface area contributed by atoms with Crippen LogP contribution in [-0.4, -0.2) is 38.7 Å². The number of hydrogen-bond donors (Lipinski definition) is 0. The average molecular weight is 406 g/mol. The van der Waals surface area contributed by atoms with Gasteiger partial charge in [0.2, 0.25) is 5.91 Å². The molecule has 0 aromatic carbocycles. The lowest BCUT2D eigenvalue weighted by Gasteiger charge is -2.24. The molecule has 0 radical (unpaired) electrons. The Kier molecular flexibility index (Phi) is 5.34. The summed E-state index contributed by atoms with van der Waals surface area (Å²) >= 11 is 3.07. The predicted octanol–water partition coefficient (Wildman–Crippen LogP) is 3.61. The summed E-state index contributed by atoms with van der Waals surface area (Å²) in [5.74, 6) is 0.979. The number of fused-ring (bicyclic) bond motifs is 3. The van der Waals surface area contributed by atoms with E-state index in [9.17, 15) is 9.59 Å². The van der Waals surface area contributed by atoms with Gasteiger partial charge in [0.1, 0.15) is 4.83 Å². The lowest BCUT2D eigenvalue weighted by Crippen LogP contribution is -2.37. The van der Waals surface area contributed by atoms with Crippen molar-refractivity contribution in [3.8, 4) is 0 Å². The Morgan fingerprint density at radius 1 is 1.33 bits per heavy atom. The van der Waals surface area contributed by atoms with Gasteiger partial charge in [0.25, 0.3) is 5.56 Å². The minimum atomic E-state index is 0.0376. The van der Waals surface area contributed by atoms with Crippen LogP contribution in [0.4, 0.5) is 0 Å². The van der Waals surface area contributed by atoms with E-state index in [0.29, 0.717) is 22.9 Å². The molecule has 0 spiro atoms. The number of amides is 1. The molecular formula is C20H27N3O2S2. The highest BCUT2D eigenvalue weighted by molar-refractivity contribution is 7.99. The Morgan fingerprint density at radius 3 is 2.78 bits per heavy atom. The molecular weight excluding hydrogens is 378 g/mol. The van der Waals surface area contributed by atoms with Gasteiger partial charge >= 0.3 is 0 Å². The molecule has 2 aromatic heterocycles. The highest BCUT2D eigenvalue weighted by Gasteiger charge is 2.32. The van der Waals surface area contributed by atoms with Crippen molar-refractivity contribution in [3.63, 3.8) is 0 Å². The van der Waals surface area contributed by atoms with Gasteiger partial charge in [-0.15, -0.1) is 11.3 Å². The predicted molar refractivity (Wildman–Crippen MR) is 112 cm³/mol. The topological polar surface area (TPSA) is 55.2 Å². The van der Waals surface area contributed by atoms with Crippen LogP contribution in [-0.2, 0) is 24.7 Å². The van der Waals surface area contributed by atoms with Gasteiger partial charge in [-0.25, -0.2) is 4.98 Å². The summed E-state index contributed by atoms with van der Waals surface area (Å²) in [6.07, 6.45) is 6.64. The molecule has 146 valence electrons. The van der Waals surface area contributed by atoms with E-state index in [0.717, 1.165) is 48.9 Å². The Labute approximate surface area is 168 Å². The van der Waals surface area contributed by atoms with Gasteiger partial charge in [0.15, 0.2) is 5.16 Å². The molecule has 2 aliphatic carbocycles. The van der Waals surface area contributed by atoms with Gasteiger partial charge < -0.3 is 4.90 Å². The minimum Gasteiger partial charge on any atom is -0.339 e. The van der Waals surface area contributed by atoms with Crippen molar-refractivity contribution in [2.75, 3.05) is 12.3 Å². The molecule has 2 aromatic rings. The monoisotopic (exact) mass is 405 g/mol. The van der Waals surface area contributed by atoms with Gasteiger partial charge in [-0.3, -0.25) is 14.2 Å². The molecule has 5 nitrogen and oxygen atoms in total. The number of thiophene rings is 1. The highest BCUT2D eigenvalue weighted by Crippen LogP contribution is 2.35. The SMILES string of the molecule is CC(C)CN(C(=O)CSc1nc2sc3c(c2c(=O)n1C)CCCC3)C1CC1. The maximum absolute atomic E-state index is 12.9.